The van der Waals surface area contributed by atoms with E-state index in [1.165, 1.54) is 29.5 Å². The lowest BCUT2D eigenvalue weighted by atomic mass is 10.1. The highest BCUT2D eigenvalue weighted by molar-refractivity contribution is 7.07. The molecular formula is C23H19FN4O2S. The molecule has 0 spiro atoms. The van der Waals surface area contributed by atoms with Crippen LogP contribution in [0.25, 0.3) is 17.3 Å². The van der Waals surface area contributed by atoms with Gasteiger partial charge in [-0.15, -0.1) is 11.3 Å². The van der Waals surface area contributed by atoms with Gasteiger partial charge < -0.3 is 10.1 Å². The molecule has 156 valence electrons. The Morgan fingerprint density at radius 3 is 2.68 bits per heavy atom. The van der Waals surface area contributed by atoms with E-state index in [1.54, 1.807) is 65.9 Å². The molecule has 2 aromatic carbocycles. The van der Waals surface area contributed by atoms with Gasteiger partial charge >= 0.3 is 0 Å². The van der Waals surface area contributed by atoms with E-state index in [4.69, 9.17) is 4.74 Å². The Morgan fingerprint density at radius 2 is 1.97 bits per heavy atom. The highest BCUT2D eigenvalue weighted by Crippen LogP contribution is 2.24. The van der Waals surface area contributed by atoms with Crippen LogP contribution in [0.15, 0.2) is 71.7 Å². The van der Waals surface area contributed by atoms with Crippen molar-refractivity contribution in [2.24, 2.45) is 7.05 Å². The number of amides is 1. The minimum absolute atomic E-state index is 0.273. The summed E-state index contributed by atoms with van der Waals surface area (Å²) >= 11 is 1.52. The van der Waals surface area contributed by atoms with Crippen molar-refractivity contribution in [1.82, 2.24) is 14.8 Å². The van der Waals surface area contributed by atoms with Gasteiger partial charge in [0.25, 0.3) is 0 Å². The van der Waals surface area contributed by atoms with Gasteiger partial charge in [0.05, 0.1) is 23.1 Å². The highest BCUT2D eigenvalue weighted by atomic mass is 32.1. The second-order valence-electron chi connectivity index (χ2n) is 6.69. The lowest BCUT2D eigenvalue weighted by molar-refractivity contribution is -0.111. The molecule has 0 bridgehead atoms. The quantitative estimate of drug-likeness (QED) is 0.420. The predicted octanol–water partition coefficient (Wildman–Crippen LogP) is 4.91. The van der Waals surface area contributed by atoms with Crippen LogP contribution in [-0.2, 0) is 18.4 Å². The van der Waals surface area contributed by atoms with Crippen LogP contribution >= 0.6 is 11.3 Å². The zero-order valence-corrected chi connectivity index (χ0v) is 17.5. The third kappa shape index (κ3) is 5.23. The van der Waals surface area contributed by atoms with Crippen molar-refractivity contribution in [2.45, 2.75) is 6.61 Å². The Morgan fingerprint density at radius 1 is 1.19 bits per heavy atom. The molecule has 0 atom stereocenters. The average molecular weight is 434 g/mol. The third-order valence-electron chi connectivity index (χ3n) is 4.49. The average Bonchev–Trinajstić information content (AvgIpc) is 3.42. The van der Waals surface area contributed by atoms with Gasteiger partial charge in [0.2, 0.25) is 5.91 Å². The Kier molecular flexibility index (Phi) is 6.18. The molecule has 1 amide bonds. The summed E-state index contributed by atoms with van der Waals surface area (Å²) in [6, 6.07) is 13.3. The van der Waals surface area contributed by atoms with Gasteiger partial charge in [-0.25, -0.2) is 9.37 Å². The van der Waals surface area contributed by atoms with Crippen LogP contribution in [0.4, 0.5) is 10.1 Å². The van der Waals surface area contributed by atoms with Crippen molar-refractivity contribution >= 4 is 29.0 Å². The fourth-order valence-corrected chi connectivity index (χ4v) is 3.53. The van der Waals surface area contributed by atoms with Gasteiger partial charge in [0, 0.05) is 35.3 Å². The first-order valence-electron chi connectivity index (χ1n) is 9.45. The van der Waals surface area contributed by atoms with Gasteiger partial charge in [-0.2, -0.15) is 5.10 Å². The summed E-state index contributed by atoms with van der Waals surface area (Å²) in [5, 5.41) is 8.99. The molecule has 0 aliphatic heterocycles. The van der Waals surface area contributed by atoms with Crippen LogP contribution in [0.5, 0.6) is 5.75 Å². The summed E-state index contributed by atoms with van der Waals surface area (Å²) in [6.45, 7) is 0.402. The molecule has 0 aliphatic rings. The number of halogens is 1. The van der Waals surface area contributed by atoms with E-state index in [0.29, 0.717) is 18.0 Å². The Bertz CT molecular complexity index is 1180. The number of aromatic nitrogens is 3. The van der Waals surface area contributed by atoms with Crippen molar-refractivity contribution in [1.29, 1.82) is 0 Å². The van der Waals surface area contributed by atoms with Gasteiger partial charge in [-0.1, -0.05) is 0 Å². The first kappa shape index (κ1) is 20.5. The molecule has 0 aliphatic carbocycles. The second-order valence-corrected chi connectivity index (χ2v) is 7.41. The second kappa shape index (κ2) is 9.36. The molecular weight excluding hydrogens is 415 g/mol. The molecule has 0 saturated carbocycles. The number of aryl methyl sites for hydroxylation is 1. The van der Waals surface area contributed by atoms with Crippen LogP contribution in [0.2, 0.25) is 0 Å². The molecule has 1 N–H and O–H groups in total. The van der Waals surface area contributed by atoms with Crippen LogP contribution in [0, 0.1) is 5.82 Å². The van der Waals surface area contributed by atoms with E-state index >= 15 is 0 Å². The predicted molar refractivity (Wildman–Crippen MR) is 119 cm³/mol. The summed E-state index contributed by atoms with van der Waals surface area (Å²) in [6.07, 6.45) is 4.79. The number of thiazole rings is 1. The maximum absolute atomic E-state index is 13.2. The van der Waals surface area contributed by atoms with Crippen molar-refractivity contribution in [3.05, 3.63) is 88.8 Å². The van der Waals surface area contributed by atoms with E-state index in [0.717, 1.165) is 22.5 Å². The summed E-state index contributed by atoms with van der Waals surface area (Å²) in [4.78, 5) is 16.5. The number of benzene rings is 2. The smallest absolute Gasteiger partial charge is 0.248 e. The number of ether oxygens (including phenoxy) is 1. The third-order valence-corrected chi connectivity index (χ3v) is 5.13. The number of hydrogen-bond acceptors (Lipinski definition) is 5. The van der Waals surface area contributed by atoms with E-state index in [-0.39, 0.29) is 11.7 Å². The summed E-state index contributed by atoms with van der Waals surface area (Å²) < 4.78 is 20.6. The minimum atomic E-state index is -0.304. The zero-order valence-electron chi connectivity index (χ0n) is 16.7. The molecule has 0 fully saturated rings. The number of carbonyl (C=O) groups is 1. The van der Waals surface area contributed by atoms with Crippen LogP contribution < -0.4 is 10.1 Å². The summed E-state index contributed by atoms with van der Waals surface area (Å²) in [5.41, 5.74) is 5.66. The standard InChI is InChI=1S/C23H19FN4O2S/c1-28-23(16-2-5-18(24)6-3-16)17(12-26-28)4-11-22(29)27-19-7-9-21(10-8-19)30-13-20-14-31-15-25-20/h2-12,14-15H,13H2,1H3,(H,27,29). The largest absolute Gasteiger partial charge is 0.487 e. The lowest BCUT2D eigenvalue weighted by Crippen LogP contribution is -2.07. The van der Waals surface area contributed by atoms with Crippen molar-refractivity contribution in [3.63, 3.8) is 0 Å². The molecule has 6 nitrogen and oxygen atoms in total. The van der Waals surface area contributed by atoms with E-state index in [9.17, 15) is 9.18 Å². The number of nitrogens with zero attached hydrogens (tertiary/aromatic N) is 3. The first-order chi connectivity index (χ1) is 15.1. The fourth-order valence-electron chi connectivity index (χ4n) is 2.99. The lowest BCUT2D eigenvalue weighted by Gasteiger charge is -2.06. The summed E-state index contributed by atoms with van der Waals surface area (Å²) in [7, 11) is 1.80. The fraction of sp³-hybridized carbons (Fsp3) is 0.0870. The summed E-state index contributed by atoms with van der Waals surface area (Å²) in [5.74, 6) is 0.118. The highest BCUT2D eigenvalue weighted by Gasteiger charge is 2.09. The number of nitrogens with one attached hydrogen (secondary N) is 1. The Balaban J connectivity index is 1.38. The Labute approximate surface area is 182 Å². The van der Waals surface area contributed by atoms with Crippen molar-refractivity contribution in [2.75, 3.05) is 5.32 Å². The first-order valence-corrected chi connectivity index (χ1v) is 10.4. The topological polar surface area (TPSA) is 69.0 Å². The minimum Gasteiger partial charge on any atom is -0.487 e. The van der Waals surface area contributed by atoms with Crippen LogP contribution in [0.1, 0.15) is 11.3 Å². The van der Waals surface area contributed by atoms with E-state index in [1.807, 2.05) is 5.38 Å². The van der Waals surface area contributed by atoms with E-state index < -0.39 is 0 Å². The molecule has 2 heterocycles. The molecule has 8 heteroatoms. The van der Waals surface area contributed by atoms with Crippen molar-refractivity contribution < 1.29 is 13.9 Å². The van der Waals surface area contributed by atoms with Crippen LogP contribution in [-0.4, -0.2) is 20.7 Å². The monoisotopic (exact) mass is 434 g/mol. The zero-order chi connectivity index (χ0) is 21.6. The number of anilines is 1. The molecule has 4 rings (SSSR count). The molecule has 31 heavy (non-hydrogen) atoms. The molecule has 0 saturated heterocycles. The van der Waals surface area contributed by atoms with Gasteiger partial charge in [-0.05, 0) is 54.6 Å². The molecule has 0 unspecified atom stereocenters. The van der Waals surface area contributed by atoms with Crippen molar-refractivity contribution in [3.8, 4) is 17.0 Å². The van der Waals surface area contributed by atoms with Gasteiger partial charge in [-0.3, -0.25) is 9.48 Å². The molecule has 2 aromatic heterocycles. The van der Waals surface area contributed by atoms with Gasteiger partial charge in [0.15, 0.2) is 0 Å². The molecule has 0 radical (unpaired) electrons. The molecule has 4 aromatic rings. The maximum atomic E-state index is 13.2. The van der Waals surface area contributed by atoms with Gasteiger partial charge in [0.1, 0.15) is 18.2 Å². The Hall–Kier alpha value is -3.78. The maximum Gasteiger partial charge on any atom is 0.248 e. The SMILES string of the molecule is Cn1ncc(C=CC(=O)Nc2ccc(OCc3cscn3)cc2)c1-c1ccc(F)cc1. The number of rotatable bonds is 7. The normalized spacial score (nSPS) is 11.0. The van der Waals surface area contributed by atoms with Crippen LogP contribution in [0.3, 0.4) is 0 Å². The number of carbonyl (C=O) groups excluding carboxylic acids is 1. The van der Waals surface area contributed by atoms with E-state index in [2.05, 4.69) is 15.4 Å². The number of hydrogen-bond donors (Lipinski definition) is 1.